The average molecular weight is 318 g/mol. The standard InChI is InChI=1S/C18H26N2O3/c1-14(20-11-5-3-2-4-6-12-20)17(21)19-13-15-7-9-16(10-8-15)18(22)23/h7-10,14H,2-6,11-13H2,1H3,(H,19,21)(H,22,23). The third-order valence-corrected chi connectivity index (χ3v) is 4.49. The topological polar surface area (TPSA) is 69.6 Å². The Balaban J connectivity index is 1.84. The molecule has 1 aliphatic rings. The highest BCUT2D eigenvalue weighted by atomic mass is 16.4. The lowest BCUT2D eigenvalue weighted by Crippen LogP contribution is -2.46. The van der Waals surface area contributed by atoms with Crippen molar-refractivity contribution in [1.29, 1.82) is 0 Å². The number of likely N-dealkylation sites (tertiary alicyclic amines) is 1. The third-order valence-electron chi connectivity index (χ3n) is 4.49. The lowest BCUT2D eigenvalue weighted by molar-refractivity contribution is -0.126. The van der Waals surface area contributed by atoms with Crippen LogP contribution < -0.4 is 5.32 Å². The van der Waals surface area contributed by atoms with E-state index in [4.69, 9.17) is 5.11 Å². The van der Waals surface area contributed by atoms with Crippen molar-refractivity contribution in [2.45, 2.75) is 51.6 Å². The summed E-state index contributed by atoms with van der Waals surface area (Å²) in [6.45, 7) is 4.37. The molecule has 2 rings (SSSR count). The monoisotopic (exact) mass is 318 g/mol. The van der Waals surface area contributed by atoms with E-state index >= 15 is 0 Å². The fourth-order valence-corrected chi connectivity index (χ4v) is 2.93. The van der Waals surface area contributed by atoms with E-state index in [1.165, 1.54) is 19.3 Å². The molecule has 1 atom stereocenters. The number of nitrogens with zero attached hydrogens (tertiary/aromatic N) is 1. The molecule has 0 saturated carbocycles. The normalized spacial score (nSPS) is 17.8. The minimum absolute atomic E-state index is 0.0351. The smallest absolute Gasteiger partial charge is 0.335 e. The number of rotatable bonds is 5. The van der Waals surface area contributed by atoms with E-state index < -0.39 is 5.97 Å². The molecule has 126 valence electrons. The highest BCUT2D eigenvalue weighted by molar-refractivity contribution is 5.87. The van der Waals surface area contributed by atoms with Crippen molar-refractivity contribution < 1.29 is 14.7 Å². The van der Waals surface area contributed by atoms with E-state index in [-0.39, 0.29) is 17.5 Å². The molecule has 1 aliphatic heterocycles. The lowest BCUT2D eigenvalue weighted by Gasteiger charge is -2.29. The molecule has 1 unspecified atom stereocenters. The highest BCUT2D eigenvalue weighted by Gasteiger charge is 2.21. The first-order valence-electron chi connectivity index (χ1n) is 8.42. The van der Waals surface area contributed by atoms with Gasteiger partial charge in [0.05, 0.1) is 11.6 Å². The number of carbonyl (C=O) groups excluding carboxylic acids is 1. The van der Waals surface area contributed by atoms with Gasteiger partial charge in [-0.3, -0.25) is 9.69 Å². The average Bonchev–Trinajstić information content (AvgIpc) is 2.52. The summed E-state index contributed by atoms with van der Waals surface area (Å²) in [6, 6.07) is 6.48. The van der Waals surface area contributed by atoms with Gasteiger partial charge in [-0.05, 0) is 50.6 Å². The maximum atomic E-state index is 12.3. The quantitative estimate of drug-likeness (QED) is 0.875. The van der Waals surface area contributed by atoms with E-state index in [2.05, 4.69) is 10.2 Å². The summed E-state index contributed by atoms with van der Waals surface area (Å²) < 4.78 is 0. The van der Waals surface area contributed by atoms with Crippen molar-refractivity contribution in [1.82, 2.24) is 10.2 Å². The summed E-state index contributed by atoms with van der Waals surface area (Å²) in [5.41, 5.74) is 1.16. The van der Waals surface area contributed by atoms with E-state index in [0.717, 1.165) is 31.5 Å². The molecule has 0 aliphatic carbocycles. The Bertz CT molecular complexity index is 520. The number of carboxylic acids is 1. The van der Waals surface area contributed by atoms with Crippen LogP contribution in [-0.4, -0.2) is 41.0 Å². The van der Waals surface area contributed by atoms with Gasteiger partial charge in [-0.25, -0.2) is 4.79 Å². The Morgan fingerprint density at radius 2 is 1.65 bits per heavy atom. The number of carbonyl (C=O) groups is 2. The van der Waals surface area contributed by atoms with Crippen molar-refractivity contribution in [3.63, 3.8) is 0 Å². The number of amides is 1. The van der Waals surface area contributed by atoms with Crippen molar-refractivity contribution in [3.05, 3.63) is 35.4 Å². The van der Waals surface area contributed by atoms with E-state index in [9.17, 15) is 9.59 Å². The maximum Gasteiger partial charge on any atom is 0.335 e. The summed E-state index contributed by atoms with van der Waals surface area (Å²) >= 11 is 0. The Morgan fingerprint density at radius 3 is 2.22 bits per heavy atom. The van der Waals surface area contributed by atoms with Gasteiger partial charge in [-0.2, -0.15) is 0 Å². The van der Waals surface area contributed by atoms with Gasteiger partial charge < -0.3 is 10.4 Å². The Kier molecular flexibility index (Phi) is 6.59. The van der Waals surface area contributed by atoms with Crippen LogP contribution in [0.2, 0.25) is 0 Å². The third kappa shape index (κ3) is 5.36. The minimum Gasteiger partial charge on any atom is -0.478 e. The second-order valence-electron chi connectivity index (χ2n) is 6.20. The van der Waals surface area contributed by atoms with E-state index in [1.54, 1.807) is 24.3 Å². The van der Waals surface area contributed by atoms with E-state index in [1.807, 2.05) is 6.92 Å². The Morgan fingerprint density at radius 1 is 1.09 bits per heavy atom. The molecule has 5 heteroatoms. The number of benzene rings is 1. The van der Waals surface area contributed by atoms with E-state index in [0.29, 0.717) is 6.54 Å². The predicted octanol–water partition coefficient (Wildman–Crippen LogP) is 2.66. The zero-order valence-electron chi connectivity index (χ0n) is 13.8. The molecule has 0 aromatic heterocycles. The molecular formula is C18H26N2O3. The zero-order valence-corrected chi connectivity index (χ0v) is 13.8. The molecule has 1 aromatic rings. The van der Waals surface area contributed by atoms with Gasteiger partial charge in [0.1, 0.15) is 0 Å². The van der Waals surface area contributed by atoms with Crippen molar-refractivity contribution >= 4 is 11.9 Å². The summed E-state index contributed by atoms with van der Waals surface area (Å²) in [5.74, 6) is -0.904. The predicted molar refractivity (Wildman–Crippen MR) is 89.4 cm³/mol. The van der Waals surface area contributed by atoms with Crippen LogP contribution in [-0.2, 0) is 11.3 Å². The second-order valence-corrected chi connectivity index (χ2v) is 6.20. The number of nitrogens with one attached hydrogen (secondary N) is 1. The second kappa shape index (κ2) is 8.67. The van der Waals surface area contributed by atoms with Gasteiger partial charge in [-0.15, -0.1) is 0 Å². The van der Waals surface area contributed by atoms with Gasteiger partial charge in [-0.1, -0.05) is 31.4 Å². The highest BCUT2D eigenvalue weighted by Crippen LogP contribution is 2.13. The van der Waals surface area contributed by atoms with Crippen LogP contribution in [0.1, 0.15) is 54.9 Å². The first-order valence-corrected chi connectivity index (χ1v) is 8.42. The van der Waals surface area contributed by atoms with Gasteiger partial charge in [0.25, 0.3) is 0 Å². The first kappa shape index (κ1) is 17.5. The van der Waals surface area contributed by atoms with Crippen LogP contribution in [0, 0.1) is 0 Å². The fraction of sp³-hybridized carbons (Fsp3) is 0.556. The first-order chi connectivity index (χ1) is 11.1. The molecule has 0 bridgehead atoms. The molecule has 23 heavy (non-hydrogen) atoms. The van der Waals surface area contributed by atoms with Gasteiger partial charge >= 0.3 is 5.97 Å². The van der Waals surface area contributed by atoms with Crippen LogP contribution in [0.3, 0.4) is 0 Å². The summed E-state index contributed by atoms with van der Waals surface area (Å²) in [6.07, 6.45) is 6.13. The molecule has 0 spiro atoms. The molecular weight excluding hydrogens is 292 g/mol. The summed E-state index contributed by atoms with van der Waals surface area (Å²) in [7, 11) is 0. The van der Waals surface area contributed by atoms with Gasteiger partial charge in [0, 0.05) is 6.54 Å². The number of hydrogen-bond donors (Lipinski definition) is 2. The Hall–Kier alpha value is -1.88. The zero-order chi connectivity index (χ0) is 16.7. The lowest BCUT2D eigenvalue weighted by atomic mass is 10.1. The molecule has 1 saturated heterocycles. The molecule has 2 N–H and O–H groups in total. The SMILES string of the molecule is CC(C(=O)NCc1ccc(C(=O)O)cc1)N1CCCCCCC1. The van der Waals surface area contributed by atoms with Crippen LogP contribution in [0.4, 0.5) is 0 Å². The Labute approximate surface area is 137 Å². The van der Waals surface area contributed by atoms with Crippen molar-refractivity contribution in [2.24, 2.45) is 0 Å². The summed E-state index contributed by atoms with van der Waals surface area (Å²) in [4.78, 5) is 25.4. The van der Waals surface area contributed by atoms with Crippen molar-refractivity contribution in [3.8, 4) is 0 Å². The molecule has 1 fully saturated rings. The molecule has 1 amide bonds. The fourth-order valence-electron chi connectivity index (χ4n) is 2.93. The molecule has 5 nitrogen and oxygen atoms in total. The molecule has 1 heterocycles. The molecule has 1 aromatic carbocycles. The number of hydrogen-bond acceptors (Lipinski definition) is 3. The maximum absolute atomic E-state index is 12.3. The van der Waals surface area contributed by atoms with Crippen LogP contribution >= 0.6 is 0 Å². The minimum atomic E-state index is -0.939. The number of aromatic carboxylic acids is 1. The summed E-state index contributed by atoms with van der Waals surface area (Å²) in [5, 5.41) is 11.8. The van der Waals surface area contributed by atoms with Crippen LogP contribution in [0.25, 0.3) is 0 Å². The van der Waals surface area contributed by atoms with Gasteiger partial charge in [0.15, 0.2) is 0 Å². The largest absolute Gasteiger partial charge is 0.478 e. The molecule has 0 radical (unpaired) electrons. The number of carboxylic acid groups (broad SMARTS) is 1. The van der Waals surface area contributed by atoms with Crippen molar-refractivity contribution in [2.75, 3.05) is 13.1 Å². The van der Waals surface area contributed by atoms with Crippen LogP contribution in [0.15, 0.2) is 24.3 Å². The van der Waals surface area contributed by atoms with Gasteiger partial charge in [0.2, 0.25) is 5.91 Å². The van der Waals surface area contributed by atoms with Crippen LogP contribution in [0.5, 0.6) is 0 Å².